The van der Waals surface area contributed by atoms with E-state index in [1.165, 1.54) is 167 Å². The van der Waals surface area contributed by atoms with Crippen LogP contribution in [-0.4, -0.2) is 96.7 Å². The average Bonchev–Trinajstić information content (AvgIpc) is 2.72. The van der Waals surface area contributed by atoms with Gasteiger partial charge in [-0.1, -0.05) is 325 Å². The number of esters is 4. The van der Waals surface area contributed by atoms with Gasteiger partial charge in [0, 0.05) is 25.7 Å². The van der Waals surface area contributed by atoms with Gasteiger partial charge in [-0.05, 0) is 49.4 Å². The average molecular weight is 1380 g/mol. The second kappa shape index (κ2) is 64.4. The highest BCUT2D eigenvalue weighted by atomic mass is 31.2. The Morgan fingerprint density at radius 1 is 0.298 bits per heavy atom. The number of rotatable bonds is 72. The van der Waals surface area contributed by atoms with Crippen molar-refractivity contribution in [2.75, 3.05) is 39.6 Å². The molecule has 0 fully saturated rings. The SMILES string of the molecule is CCC(C)CCCCCCCCCCCCCCCCC(=O)O[C@H](COC(=O)CCCCCCCCC(C)CC)COP(=O)(O)OC[C@H](O)COP(=O)(O)OC[C@@H](COC(=O)CCCCCCCCCC(C)C)OC(=O)CCCCCCCCCCCCCCCC(C)C. The maximum absolute atomic E-state index is 13.1. The molecular formula is C75H146O17P2. The molecular weight excluding hydrogens is 1230 g/mol. The summed E-state index contributed by atoms with van der Waals surface area (Å²) in [5.74, 6) is 0.944. The summed E-state index contributed by atoms with van der Waals surface area (Å²) < 4.78 is 68.5. The van der Waals surface area contributed by atoms with E-state index < -0.39 is 97.5 Å². The lowest BCUT2D eigenvalue weighted by molar-refractivity contribution is -0.161. The van der Waals surface area contributed by atoms with Gasteiger partial charge in [-0.3, -0.25) is 37.3 Å². The lowest BCUT2D eigenvalue weighted by Gasteiger charge is -2.21. The number of hydrogen-bond donors (Lipinski definition) is 3. The molecule has 0 bridgehead atoms. The lowest BCUT2D eigenvalue weighted by Crippen LogP contribution is -2.30. The van der Waals surface area contributed by atoms with Crippen molar-refractivity contribution in [2.45, 2.75) is 395 Å². The van der Waals surface area contributed by atoms with Gasteiger partial charge in [0.05, 0.1) is 26.4 Å². The van der Waals surface area contributed by atoms with Gasteiger partial charge in [0.2, 0.25) is 0 Å². The van der Waals surface area contributed by atoms with Crippen molar-refractivity contribution >= 4 is 39.5 Å². The van der Waals surface area contributed by atoms with E-state index in [-0.39, 0.29) is 25.7 Å². The van der Waals surface area contributed by atoms with Crippen LogP contribution in [0, 0.1) is 23.7 Å². The fourth-order valence-electron chi connectivity index (χ4n) is 11.3. The van der Waals surface area contributed by atoms with Crippen molar-refractivity contribution in [3.63, 3.8) is 0 Å². The van der Waals surface area contributed by atoms with Crippen LogP contribution in [0.25, 0.3) is 0 Å². The molecule has 0 saturated carbocycles. The standard InChI is InChI=1S/C75H146O17P2/c1-9-67(7)53-45-37-29-23-19-15-11-12-16-20-24-30-41-49-57-75(80)92-71(62-86-73(78)56-48-40-34-33-38-46-54-68(8)10-2)64-90-94(83,84)88-60-69(76)59-87-93(81,82)89-63-70(61-85-72(77)55-47-39-32-26-28-36-44-52-66(5)6)91-74(79)58-50-42-31-25-21-17-13-14-18-22-27-35-43-51-65(3)4/h65-71,76H,9-64H2,1-8H3,(H,81,82)(H,83,84)/t67?,68?,69-,70-,71-/m1/s1. The summed E-state index contributed by atoms with van der Waals surface area (Å²) in [6.07, 6.45) is 48.6. The number of aliphatic hydroxyl groups is 1. The molecule has 0 spiro atoms. The number of ether oxygens (including phenoxy) is 4. The molecule has 0 aromatic rings. The summed E-state index contributed by atoms with van der Waals surface area (Å²) in [6.45, 7) is 14.2. The van der Waals surface area contributed by atoms with Crippen LogP contribution < -0.4 is 0 Å². The van der Waals surface area contributed by atoms with E-state index in [2.05, 4.69) is 55.4 Å². The molecule has 0 saturated heterocycles. The molecule has 0 aromatic heterocycles. The summed E-state index contributed by atoms with van der Waals surface area (Å²) in [5.41, 5.74) is 0. The summed E-state index contributed by atoms with van der Waals surface area (Å²) >= 11 is 0. The van der Waals surface area contributed by atoms with E-state index in [1.54, 1.807) is 0 Å². The number of phosphoric acid groups is 2. The molecule has 0 radical (unpaired) electrons. The van der Waals surface area contributed by atoms with Gasteiger partial charge >= 0.3 is 39.5 Å². The highest BCUT2D eigenvalue weighted by Gasteiger charge is 2.30. The zero-order valence-electron chi connectivity index (χ0n) is 61.6. The second-order valence-electron chi connectivity index (χ2n) is 28.5. The zero-order valence-corrected chi connectivity index (χ0v) is 63.4. The Kier molecular flexibility index (Phi) is 63.1. The number of unbranched alkanes of at least 4 members (excludes halogenated alkanes) is 36. The number of hydrogen-bond acceptors (Lipinski definition) is 15. The molecule has 7 atom stereocenters. The monoisotopic (exact) mass is 1380 g/mol. The highest BCUT2D eigenvalue weighted by molar-refractivity contribution is 7.47. The van der Waals surface area contributed by atoms with E-state index in [4.69, 9.17) is 37.0 Å². The Morgan fingerprint density at radius 3 is 0.755 bits per heavy atom. The quantitative estimate of drug-likeness (QED) is 0.0222. The molecule has 3 N–H and O–H groups in total. The predicted molar refractivity (Wildman–Crippen MR) is 381 cm³/mol. The van der Waals surface area contributed by atoms with Crippen molar-refractivity contribution in [3.8, 4) is 0 Å². The number of phosphoric ester groups is 2. The van der Waals surface area contributed by atoms with E-state index in [0.29, 0.717) is 31.6 Å². The molecule has 17 nitrogen and oxygen atoms in total. The summed E-state index contributed by atoms with van der Waals surface area (Å²) in [5, 5.41) is 10.6. The third-order valence-electron chi connectivity index (χ3n) is 18.0. The topological polar surface area (TPSA) is 237 Å². The van der Waals surface area contributed by atoms with Crippen LogP contribution in [-0.2, 0) is 65.4 Å². The van der Waals surface area contributed by atoms with Crippen LogP contribution in [0.4, 0.5) is 0 Å². The molecule has 94 heavy (non-hydrogen) atoms. The van der Waals surface area contributed by atoms with Gasteiger partial charge in [0.25, 0.3) is 0 Å². The van der Waals surface area contributed by atoms with Crippen LogP contribution in [0.1, 0.15) is 376 Å². The molecule has 0 aliphatic heterocycles. The molecule has 19 heteroatoms. The minimum absolute atomic E-state index is 0.106. The summed E-state index contributed by atoms with van der Waals surface area (Å²) in [7, 11) is -9.91. The third-order valence-corrected chi connectivity index (χ3v) is 19.9. The van der Waals surface area contributed by atoms with E-state index in [0.717, 1.165) is 120 Å². The number of carbonyl (C=O) groups is 4. The molecule has 0 amide bonds. The Balaban J connectivity index is 5.22. The molecule has 0 heterocycles. The molecule has 0 aliphatic carbocycles. The summed E-state index contributed by atoms with van der Waals surface area (Å²) in [4.78, 5) is 72.7. The molecule has 0 aromatic carbocycles. The van der Waals surface area contributed by atoms with Crippen molar-refractivity contribution in [2.24, 2.45) is 23.7 Å². The first-order valence-corrected chi connectivity index (χ1v) is 41.8. The van der Waals surface area contributed by atoms with Gasteiger partial charge in [-0.2, -0.15) is 0 Å². The van der Waals surface area contributed by atoms with Crippen LogP contribution in [0.5, 0.6) is 0 Å². The van der Waals surface area contributed by atoms with E-state index in [1.807, 2.05) is 0 Å². The minimum Gasteiger partial charge on any atom is -0.462 e. The van der Waals surface area contributed by atoms with Crippen LogP contribution >= 0.6 is 15.6 Å². The maximum Gasteiger partial charge on any atom is 0.472 e. The van der Waals surface area contributed by atoms with Gasteiger partial charge in [-0.25, -0.2) is 9.13 Å². The number of aliphatic hydroxyl groups excluding tert-OH is 1. The lowest BCUT2D eigenvalue weighted by atomic mass is 9.99. The van der Waals surface area contributed by atoms with Gasteiger partial charge in [-0.15, -0.1) is 0 Å². The first-order valence-electron chi connectivity index (χ1n) is 38.8. The third kappa shape index (κ3) is 66.0. The van der Waals surface area contributed by atoms with Crippen molar-refractivity contribution in [1.29, 1.82) is 0 Å². The zero-order chi connectivity index (χ0) is 69.6. The molecule has 0 aliphatic rings. The maximum atomic E-state index is 13.1. The first kappa shape index (κ1) is 92.1. The van der Waals surface area contributed by atoms with Crippen molar-refractivity contribution in [1.82, 2.24) is 0 Å². The smallest absolute Gasteiger partial charge is 0.462 e. The van der Waals surface area contributed by atoms with E-state index in [9.17, 15) is 43.2 Å². The van der Waals surface area contributed by atoms with Crippen LogP contribution in [0.15, 0.2) is 0 Å². The largest absolute Gasteiger partial charge is 0.472 e. The minimum atomic E-state index is -4.96. The molecule has 0 rings (SSSR count). The normalized spacial score (nSPS) is 14.7. The molecule has 4 unspecified atom stereocenters. The van der Waals surface area contributed by atoms with Crippen LogP contribution in [0.3, 0.4) is 0 Å². The van der Waals surface area contributed by atoms with Gasteiger partial charge < -0.3 is 33.8 Å². The Bertz CT molecular complexity index is 1850. The fourth-order valence-corrected chi connectivity index (χ4v) is 12.9. The first-order chi connectivity index (χ1) is 45.2. The fraction of sp³-hybridized carbons (Fsp3) is 0.947. The Hall–Kier alpha value is -1.94. The number of carbonyl (C=O) groups excluding carboxylic acids is 4. The van der Waals surface area contributed by atoms with E-state index >= 15 is 0 Å². The van der Waals surface area contributed by atoms with Gasteiger partial charge in [0.1, 0.15) is 19.3 Å². The second-order valence-corrected chi connectivity index (χ2v) is 31.4. The highest BCUT2D eigenvalue weighted by Crippen LogP contribution is 2.45. The Morgan fingerprint density at radius 2 is 0.511 bits per heavy atom. The predicted octanol–water partition coefficient (Wildman–Crippen LogP) is 21.7. The molecule has 558 valence electrons. The van der Waals surface area contributed by atoms with Crippen LogP contribution in [0.2, 0.25) is 0 Å². The summed E-state index contributed by atoms with van der Waals surface area (Å²) in [6, 6.07) is 0. The van der Waals surface area contributed by atoms with Gasteiger partial charge in [0.15, 0.2) is 12.2 Å². The van der Waals surface area contributed by atoms with Crippen molar-refractivity contribution < 1.29 is 80.2 Å². The van der Waals surface area contributed by atoms with Crippen molar-refractivity contribution in [3.05, 3.63) is 0 Å². The Labute approximate surface area is 575 Å².